The van der Waals surface area contributed by atoms with E-state index in [4.69, 9.17) is 5.11 Å². The number of alkyl halides is 3. The van der Waals surface area contributed by atoms with Crippen LogP contribution in [-0.4, -0.2) is 34.9 Å². The third kappa shape index (κ3) is 2.82. The van der Waals surface area contributed by atoms with E-state index in [2.05, 4.69) is 5.10 Å². The first-order valence-corrected chi connectivity index (χ1v) is 6.74. The third-order valence-corrected chi connectivity index (χ3v) is 3.69. The van der Waals surface area contributed by atoms with E-state index < -0.39 is 70.6 Å². The summed E-state index contributed by atoms with van der Waals surface area (Å²) in [7, 11) is 0. The van der Waals surface area contributed by atoms with E-state index in [0.29, 0.717) is 6.21 Å². The van der Waals surface area contributed by atoms with Gasteiger partial charge in [0.2, 0.25) is 5.82 Å². The van der Waals surface area contributed by atoms with Crippen molar-refractivity contribution in [1.82, 2.24) is 0 Å². The molecule has 4 nitrogen and oxygen atoms in total. The fraction of sp³-hybridized carbons (Fsp3) is 0.462. The molecule has 1 heterocycles. The summed E-state index contributed by atoms with van der Waals surface area (Å²) in [6, 6.07) is 0. The van der Waals surface area contributed by atoms with Gasteiger partial charge in [-0.3, -0.25) is 0 Å². The Kier molecular flexibility index (Phi) is 4.97. The molecule has 0 saturated carbocycles. The SMILES string of the molecule is OCCCC1C=NN(c2c(F)c(F)c(F)c(F)c2F)C1(O)C(F)(F)F. The first kappa shape index (κ1) is 19.4. The molecule has 0 spiro atoms. The van der Waals surface area contributed by atoms with Crippen molar-refractivity contribution in [2.75, 3.05) is 11.6 Å². The molecule has 1 aromatic rings. The average Bonchev–Trinajstić information content (AvgIpc) is 2.87. The summed E-state index contributed by atoms with van der Waals surface area (Å²) in [5.41, 5.74) is -6.08. The smallest absolute Gasteiger partial charge is 0.396 e. The van der Waals surface area contributed by atoms with Crippen LogP contribution in [0.5, 0.6) is 0 Å². The van der Waals surface area contributed by atoms with Crippen LogP contribution in [0.2, 0.25) is 0 Å². The Morgan fingerprint density at radius 2 is 1.48 bits per heavy atom. The van der Waals surface area contributed by atoms with Crippen LogP contribution in [0.1, 0.15) is 12.8 Å². The van der Waals surface area contributed by atoms with Crippen molar-refractivity contribution in [3.05, 3.63) is 29.1 Å². The first-order chi connectivity index (χ1) is 11.5. The zero-order valence-electron chi connectivity index (χ0n) is 12.1. The Morgan fingerprint density at radius 3 is 1.92 bits per heavy atom. The van der Waals surface area contributed by atoms with Crippen LogP contribution in [0.25, 0.3) is 0 Å². The maximum atomic E-state index is 13.8. The minimum atomic E-state index is -5.57. The molecule has 0 saturated heterocycles. The van der Waals surface area contributed by atoms with Gasteiger partial charge in [0.05, 0.1) is 5.92 Å². The van der Waals surface area contributed by atoms with Crippen LogP contribution in [0.4, 0.5) is 40.8 Å². The quantitative estimate of drug-likeness (QED) is 0.481. The summed E-state index contributed by atoms with van der Waals surface area (Å²) in [5.74, 6) is -14.6. The van der Waals surface area contributed by atoms with Crippen LogP contribution in [0.15, 0.2) is 5.10 Å². The van der Waals surface area contributed by atoms with Crippen LogP contribution in [0, 0.1) is 35.0 Å². The van der Waals surface area contributed by atoms with Crippen molar-refractivity contribution in [2.24, 2.45) is 11.0 Å². The summed E-state index contributed by atoms with van der Waals surface area (Å²) < 4.78 is 107. The monoisotopic (exact) mass is 378 g/mol. The Morgan fingerprint density at radius 1 is 1.00 bits per heavy atom. The number of aliphatic hydroxyl groups is 2. The van der Waals surface area contributed by atoms with Gasteiger partial charge >= 0.3 is 6.18 Å². The lowest BCUT2D eigenvalue weighted by molar-refractivity contribution is -0.268. The third-order valence-electron chi connectivity index (χ3n) is 3.69. The predicted octanol–water partition coefficient (Wildman–Crippen LogP) is 2.83. The highest BCUT2D eigenvalue weighted by Crippen LogP contribution is 2.47. The van der Waals surface area contributed by atoms with E-state index in [1.165, 1.54) is 0 Å². The Bertz CT molecular complexity index is 679. The number of hydrogen-bond acceptors (Lipinski definition) is 4. The van der Waals surface area contributed by atoms with Gasteiger partial charge in [0.25, 0.3) is 5.72 Å². The maximum absolute atomic E-state index is 13.8. The van der Waals surface area contributed by atoms with Crippen molar-refractivity contribution in [2.45, 2.75) is 24.7 Å². The number of rotatable bonds is 4. The molecule has 0 aromatic heterocycles. The molecule has 0 fully saturated rings. The van der Waals surface area contributed by atoms with Gasteiger partial charge in [0.15, 0.2) is 23.3 Å². The molecule has 1 aliphatic rings. The minimum Gasteiger partial charge on any atom is -0.396 e. The second kappa shape index (κ2) is 6.41. The highest BCUT2D eigenvalue weighted by molar-refractivity contribution is 5.72. The highest BCUT2D eigenvalue weighted by atomic mass is 19.4. The minimum absolute atomic E-state index is 0.236. The molecule has 12 heteroatoms. The Balaban J connectivity index is 2.65. The van der Waals surface area contributed by atoms with Gasteiger partial charge in [-0.1, -0.05) is 0 Å². The average molecular weight is 378 g/mol. The van der Waals surface area contributed by atoms with Crippen LogP contribution >= 0.6 is 0 Å². The normalized spacial score (nSPS) is 23.6. The molecule has 2 atom stereocenters. The van der Waals surface area contributed by atoms with E-state index >= 15 is 0 Å². The summed E-state index contributed by atoms with van der Waals surface area (Å²) in [4.78, 5) is 0. The molecule has 2 rings (SSSR count). The van der Waals surface area contributed by atoms with Gasteiger partial charge in [-0.15, -0.1) is 0 Å². The molecular formula is C13H10F8N2O2. The van der Waals surface area contributed by atoms with Crippen molar-refractivity contribution in [1.29, 1.82) is 0 Å². The predicted molar refractivity (Wildman–Crippen MR) is 68.0 cm³/mol. The van der Waals surface area contributed by atoms with Gasteiger partial charge in [0.1, 0.15) is 5.69 Å². The molecule has 1 aromatic carbocycles. The molecular weight excluding hydrogens is 368 g/mol. The number of anilines is 1. The fourth-order valence-corrected chi connectivity index (χ4v) is 2.42. The van der Waals surface area contributed by atoms with E-state index in [-0.39, 0.29) is 6.42 Å². The number of hydrazone groups is 1. The van der Waals surface area contributed by atoms with Crippen molar-refractivity contribution in [3.63, 3.8) is 0 Å². The van der Waals surface area contributed by atoms with E-state index in [1.807, 2.05) is 0 Å². The Hall–Kier alpha value is -1.95. The van der Waals surface area contributed by atoms with Crippen molar-refractivity contribution < 1.29 is 45.3 Å². The second-order valence-electron chi connectivity index (χ2n) is 5.19. The first-order valence-electron chi connectivity index (χ1n) is 6.74. The number of nitrogens with zero attached hydrogens (tertiary/aromatic N) is 2. The standard InChI is InChI=1S/C13H10F8N2O2/c14-6-7(15)9(17)11(10(18)8(6)16)23-12(25,13(19,20)21)5(4-22-23)2-1-3-24/h4-5,24-25H,1-3H2. The number of aliphatic hydroxyl groups excluding tert-OH is 1. The summed E-state index contributed by atoms with van der Waals surface area (Å²) in [6.07, 6.45) is -5.84. The molecule has 0 radical (unpaired) electrons. The molecule has 1 aliphatic heterocycles. The zero-order chi connectivity index (χ0) is 19.2. The van der Waals surface area contributed by atoms with E-state index in [0.717, 1.165) is 0 Å². The lowest BCUT2D eigenvalue weighted by Gasteiger charge is -2.38. The van der Waals surface area contributed by atoms with Gasteiger partial charge in [-0.05, 0) is 12.8 Å². The number of hydrogen-bond donors (Lipinski definition) is 2. The van der Waals surface area contributed by atoms with Crippen LogP contribution in [-0.2, 0) is 0 Å². The van der Waals surface area contributed by atoms with Gasteiger partial charge in [-0.25, -0.2) is 27.0 Å². The molecule has 2 unspecified atom stereocenters. The van der Waals surface area contributed by atoms with Crippen molar-refractivity contribution >= 4 is 11.9 Å². The highest BCUT2D eigenvalue weighted by Gasteiger charge is 2.65. The van der Waals surface area contributed by atoms with Crippen molar-refractivity contribution in [3.8, 4) is 0 Å². The Labute approximate surface area is 135 Å². The maximum Gasteiger partial charge on any atom is 0.439 e. The van der Waals surface area contributed by atoms with Crippen LogP contribution in [0.3, 0.4) is 0 Å². The molecule has 0 bridgehead atoms. The second-order valence-corrected chi connectivity index (χ2v) is 5.19. The lowest BCUT2D eigenvalue weighted by Crippen LogP contribution is -2.60. The lowest BCUT2D eigenvalue weighted by atomic mass is 9.91. The molecule has 2 N–H and O–H groups in total. The number of benzene rings is 1. The van der Waals surface area contributed by atoms with Gasteiger partial charge < -0.3 is 10.2 Å². The van der Waals surface area contributed by atoms with Gasteiger partial charge in [0, 0.05) is 12.8 Å². The summed E-state index contributed by atoms with van der Waals surface area (Å²) in [5, 5.41) is 21.1. The molecule has 25 heavy (non-hydrogen) atoms. The van der Waals surface area contributed by atoms with E-state index in [1.54, 1.807) is 0 Å². The summed E-state index contributed by atoms with van der Waals surface area (Å²) in [6.45, 7) is -0.555. The topological polar surface area (TPSA) is 56.1 Å². The molecule has 0 amide bonds. The fourth-order valence-electron chi connectivity index (χ4n) is 2.42. The van der Waals surface area contributed by atoms with E-state index in [9.17, 15) is 40.2 Å². The zero-order valence-corrected chi connectivity index (χ0v) is 12.1. The van der Waals surface area contributed by atoms with Crippen LogP contribution < -0.4 is 5.01 Å². The summed E-state index contributed by atoms with van der Waals surface area (Å²) >= 11 is 0. The largest absolute Gasteiger partial charge is 0.439 e. The molecule has 0 aliphatic carbocycles. The molecule has 140 valence electrons. The number of halogens is 8. The van der Waals surface area contributed by atoms with Gasteiger partial charge in [-0.2, -0.15) is 18.3 Å².